The molecule has 1 aromatic rings. The van der Waals surface area contributed by atoms with E-state index in [9.17, 15) is 4.79 Å². The molecule has 1 aliphatic carbocycles. The van der Waals surface area contributed by atoms with Crippen molar-refractivity contribution in [3.05, 3.63) is 28.8 Å². The average Bonchev–Trinajstić information content (AvgIpc) is 2.32. The highest BCUT2D eigenvalue weighted by Gasteiger charge is 2.20. The van der Waals surface area contributed by atoms with Gasteiger partial charge >= 0.3 is 0 Å². The van der Waals surface area contributed by atoms with Gasteiger partial charge in [0.2, 0.25) is 0 Å². The fourth-order valence-corrected chi connectivity index (χ4v) is 2.65. The Morgan fingerprint density at radius 3 is 2.56 bits per heavy atom. The molecule has 0 heterocycles. The molecule has 0 radical (unpaired) electrons. The molecule has 1 amide bonds. The van der Waals surface area contributed by atoms with Gasteiger partial charge in [0.15, 0.2) is 0 Å². The number of carbonyl (C=O) groups is 1. The zero-order chi connectivity index (χ0) is 13.1. The van der Waals surface area contributed by atoms with Crippen LogP contribution in [-0.2, 0) is 0 Å². The smallest absolute Gasteiger partial charge is 0.252 e. The third kappa shape index (κ3) is 2.94. The Kier molecular flexibility index (Phi) is 4.09. The highest BCUT2D eigenvalue weighted by atomic mass is 35.5. The van der Waals surface area contributed by atoms with Crippen molar-refractivity contribution < 1.29 is 4.79 Å². The van der Waals surface area contributed by atoms with Gasteiger partial charge in [0.25, 0.3) is 5.91 Å². The Balaban J connectivity index is 2.14. The molecule has 98 valence electrons. The molecule has 5 N–H and O–H groups in total. The number of carbonyl (C=O) groups excluding carboxylic acids is 1. The third-order valence-electron chi connectivity index (χ3n) is 3.39. The number of nitrogens with two attached hydrogens (primary N) is 2. The molecule has 1 fully saturated rings. The minimum atomic E-state index is -0.504. The van der Waals surface area contributed by atoms with E-state index in [2.05, 4.69) is 5.32 Å². The Labute approximate surface area is 112 Å². The van der Waals surface area contributed by atoms with Gasteiger partial charge in [-0.15, -0.1) is 0 Å². The van der Waals surface area contributed by atoms with Crippen LogP contribution >= 0.6 is 11.6 Å². The summed E-state index contributed by atoms with van der Waals surface area (Å²) in [5, 5.41) is 3.74. The molecule has 0 spiro atoms. The van der Waals surface area contributed by atoms with Gasteiger partial charge in [-0.3, -0.25) is 4.79 Å². The van der Waals surface area contributed by atoms with E-state index in [-0.39, 0.29) is 0 Å². The van der Waals surface area contributed by atoms with Crippen LogP contribution < -0.4 is 16.8 Å². The first-order chi connectivity index (χ1) is 8.58. The summed E-state index contributed by atoms with van der Waals surface area (Å²) in [6.07, 6.45) is 4.02. The Bertz CT molecular complexity index is 442. The first-order valence-electron chi connectivity index (χ1n) is 6.18. The van der Waals surface area contributed by atoms with Crippen molar-refractivity contribution in [2.75, 3.05) is 5.32 Å². The van der Waals surface area contributed by atoms with Crippen LogP contribution in [0.2, 0.25) is 5.02 Å². The number of benzene rings is 1. The quantitative estimate of drug-likeness (QED) is 0.785. The van der Waals surface area contributed by atoms with Crippen LogP contribution in [-0.4, -0.2) is 18.0 Å². The monoisotopic (exact) mass is 267 g/mol. The van der Waals surface area contributed by atoms with E-state index in [0.29, 0.717) is 22.7 Å². The maximum Gasteiger partial charge on any atom is 0.252 e. The van der Waals surface area contributed by atoms with Gasteiger partial charge in [-0.05, 0) is 37.8 Å². The number of anilines is 1. The van der Waals surface area contributed by atoms with Gasteiger partial charge in [0.05, 0.1) is 10.6 Å². The van der Waals surface area contributed by atoms with Crippen molar-refractivity contribution in [2.45, 2.75) is 37.8 Å². The molecule has 0 unspecified atom stereocenters. The Morgan fingerprint density at radius 2 is 1.94 bits per heavy atom. The lowest BCUT2D eigenvalue weighted by Crippen LogP contribution is -2.33. The van der Waals surface area contributed by atoms with Crippen LogP contribution in [0.15, 0.2) is 18.2 Å². The van der Waals surface area contributed by atoms with E-state index in [1.54, 1.807) is 6.07 Å². The predicted molar refractivity (Wildman–Crippen MR) is 73.8 cm³/mol. The number of halogens is 1. The van der Waals surface area contributed by atoms with Gasteiger partial charge < -0.3 is 16.8 Å². The van der Waals surface area contributed by atoms with Gasteiger partial charge in [0, 0.05) is 17.8 Å². The summed E-state index contributed by atoms with van der Waals surface area (Å²) in [5.41, 5.74) is 12.3. The summed E-state index contributed by atoms with van der Waals surface area (Å²) in [4.78, 5) is 11.4. The van der Waals surface area contributed by atoms with Gasteiger partial charge in [-0.1, -0.05) is 17.7 Å². The van der Waals surface area contributed by atoms with Gasteiger partial charge in [0.1, 0.15) is 0 Å². The van der Waals surface area contributed by atoms with Gasteiger partial charge in [-0.2, -0.15) is 0 Å². The summed E-state index contributed by atoms with van der Waals surface area (Å²) in [7, 11) is 0. The topological polar surface area (TPSA) is 81.1 Å². The molecule has 0 atom stereocenters. The lowest BCUT2D eigenvalue weighted by atomic mass is 9.91. The lowest BCUT2D eigenvalue weighted by molar-refractivity contribution is 0.100. The summed E-state index contributed by atoms with van der Waals surface area (Å²) < 4.78 is 0. The fourth-order valence-electron chi connectivity index (χ4n) is 2.38. The molecule has 0 saturated heterocycles. The molecule has 0 aliphatic heterocycles. The number of rotatable bonds is 3. The molecule has 2 rings (SSSR count). The lowest BCUT2D eigenvalue weighted by Gasteiger charge is -2.28. The summed E-state index contributed by atoms with van der Waals surface area (Å²) >= 11 is 6.00. The van der Waals surface area contributed by atoms with E-state index in [1.807, 2.05) is 12.1 Å². The number of primary amides is 1. The van der Waals surface area contributed by atoms with Crippen molar-refractivity contribution >= 4 is 23.2 Å². The van der Waals surface area contributed by atoms with Crippen molar-refractivity contribution in [1.82, 2.24) is 0 Å². The highest BCUT2D eigenvalue weighted by molar-refractivity contribution is 6.34. The summed E-state index contributed by atoms with van der Waals surface area (Å²) in [6.45, 7) is 0. The molecule has 0 bridgehead atoms. The second-order valence-corrected chi connectivity index (χ2v) is 5.19. The van der Waals surface area contributed by atoms with Crippen molar-refractivity contribution in [1.29, 1.82) is 0 Å². The summed E-state index contributed by atoms with van der Waals surface area (Å²) in [6, 6.07) is 5.95. The summed E-state index contributed by atoms with van der Waals surface area (Å²) in [5.74, 6) is -0.504. The Morgan fingerprint density at radius 1 is 1.28 bits per heavy atom. The van der Waals surface area contributed by atoms with E-state index in [4.69, 9.17) is 23.1 Å². The second-order valence-electron chi connectivity index (χ2n) is 4.78. The van der Waals surface area contributed by atoms with Crippen LogP contribution in [0.4, 0.5) is 5.69 Å². The molecule has 0 aromatic heterocycles. The minimum Gasteiger partial charge on any atom is -0.382 e. The molecular formula is C13H18ClN3O. The average molecular weight is 268 g/mol. The highest BCUT2D eigenvalue weighted by Crippen LogP contribution is 2.27. The van der Waals surface area contributed by atoms with E-state index >= 15 is 0 Å². The van der Waals surface area contributed by atoms with Crippen molar-refractivity contribution in [2.24, 2.45) is 11.5 Å². The van der Waals surface area contributed by atoms with Gasteiger partial charge in [-0.25, -0.2) is 0 Å². The molecule has 1 aliphatic rings. The first kappa shape index (κ1) is 13.2. The molecule has 5 heteroatoms. The SMILES string of the molecule is NC(=O)c1c(Cl)cccc1NC1CCC(N)CC1. The Hall–Kier alpha value is -1.26. The van der Waals surface area contributed by atoms with Crippen LogP contribution in [0.1, 0.15) is 36.0 Å². The molecule has 1 saturated carbocycles. The maximum absolute atomic E-state index is 11.4. The zero-order valence-electron chi connectivity index (χ0n) is 10.2. The van der Waals surface area contributed by atoms with E-state index in [0.717, 1.165) is 31.4 Å². The number of nitrogens with one attached hydrogen (secondary N) is 1. The van der Waals surface area contributed by atoms with Crippen molar-refractivity contribution in [3.63, 3.8) is 0 Å². The number of amides is 1. The standard InChI is InChI=1S/C13H18ClN3O/c14-10-2-1-3-11(12(10)13(16)18)17-9-6-4-8(15)5-7-9/h1-3,8-9,17H,4-7,15H2,(H2,16,18). The van der Waals surface area contributed by atoms with Crippen LogP contribution in [0.5, 0.6) is 0 Å². The fraction of sp³-hybridized carbons (Fsp3) is 0.462. The largest absolute Gasteiger partial charge is 0.382 e. The van der Waals surface area contributed by atoms with Crippen LogP contribution in [0.25, 0.3) is 0 Å². The predicted octanol–water partition coefficient (Wildman–Crippen LogP) is 2.12. The number of hydrogen-bond acceptors (Lipinski definition) is 3. The molecule has 1 aromatic carbocycles. The second kappa shape index (κ2) is 5.59. The van der Waals surface area contributed by atoms with Crippen LogP contribution in [0, 0.1) is 0 Å². The molecular weight excluding hydrogens is 250 g/mol. The van der Waals surface area contributed by atoms with E-state index < -0.39 is 5.91 Å². The maximum atomic E-state index is 11.4. The van der Waals surface area contributed by atoms with E-state index in [1.165, 1.54) is 0 Å². The molecule has 18 heavy (non-hydrogen) atoms. The minimum absolute atomic E-state index is 0.304. The molecule has 4 nitrogen and oxygen atoms in total. The number of hydrogen-bond donors (Lipinski definition) is 3. The third-order valence-corrected chi connectivity index (χ3v) is 3.71. The van der Waals surface area contributed by atoms with Crippen molar-refractivity contribution in [3.8, 4) is 0 Å². The first-order valence-corrected chi connectivity index (χ1v) is 6.56. The van der Waals surface area contributed by atoms with Crippen LogP contribution in [0.3, 0.4) is 0 Å². The normalized spacial score (nSPS) is 23.7. The zero-order valence-corrected chi connectivity index (χ0v) is 10.9.